The fourth-order valence-electron chi connectivity index (χ4n) is 3.95. The second kappa shape index (κ2) is 12.1. The Bertz CT molecular complexity index is 1380. The van der Waals surface area contributed by atoms with E-state index < -0.39 is 19.0 Å². The molecule has 4 aromatic carbocycles. The number of ether oxygens (including phenoxy) is 1. The zero-order valence-corrected chi connectivity index (χ0v) is 21.7. The van der Waals surface area contributed by atoms with Crippen LogP contribution in [-0.2, 0) is 21.2 Å². The molecule has 0 radical (unpaired) electrons. The largest absolute Gasteiger partial charge is 0.460 e. The highest BCUT2D eigenvalue weighted by atomic mass is 31.2. The maximum atomic E-state index is 15.0. The molecule has 1 atom stereocenters. The standard InChI is InChI=1S/C30H27N2O5P/c1-2-30(26-20-18-24(22-31)19-21-26,32-29(33)35-23-25-12-6-3-7-13-25)38(34,36-27-14-8-4-9-15-27)37-28-16-10-5-11-17-28/h3-21H,2,23H2,1H3,(H,32,33). The molecule has 1 N–H and O–H groups in total. The number of carbonyl (C=O) groups excluding carboxylic acids is 1. The molecule has 4 aromatic rings. The van der Waals surface area contributed by atoms with Crippen molar-refractivity contribution in [2.45, 2.75) is 25.2 Å². The Hall–Kier alpha value is -4.53. The maximum Gasteiger partial charge on any atom is 0.460 e. The minimum atomic E-state index is -4.29. The van der Waals surface area contributed by atoms with Crippen LogP contribution in [0.25, 0.3) is 0 Å². The number of alkyl carbamates (subject to hydrolysis) is 1. The van der Waals surface area contributed by atoms with Crippen LogP contribution in [0.1, 0.15) is 30.0 Å². The third-order valence-electron chi connectivity index (χ3n) is 5.93. The number of nitrogens with one attached hydrogen (secondary N) is 1. The van der Waals surface area contributed by atoms with Gasteiger partial charge in [0.1, 0.15) is 18.1 Å². The lowest BCUT2D eigenvalue weighted by Crippen LogP contribution is -2.47. The Balaban J connectivity index is 1.79. The van der Waals surface area contributed by atoms with E-state index in [0.717, 1.165) is 5.56 Å². The summed E-state index contributed by atoms with van der Waals surface area (Å²) in [4.78, 5) is 13.2. The molecule has 1 unspecified atom stereocenters. The molecule has 4 rings (SSSR count). The Morgan fingerprint density at radius 1 is 0.816 bits per heavy atom. The highest BCUT2D eigenvalue weighted by Crippen LogP contribution is 2.64. The van der Waals surface area contributed by atoms with Gasteiger partial charge in [-0.05, 0) is 53.9 Å². The van der Waals surface area contributed by atoms with Gasteiger partial charge in [0.05, 0.1) is 11.6 Å². The van der Waals surface area contributed by atoms with Crippen LogP contribution in [0.4, 0.5) is 4.79 Å². The van der Waals surface area contributed by atoms with Gasteiger partial charge in [-0.15, -0.1) is 0 Å². The van der Waals surface area contributed by atoms with E-state index in [1.807, 2.05) is 42.5 Å². The molecule has 0 spiro atoms. The van der Waals surface area contributed by atoms with Crippen molar-refractivity contribution >= 4 is 13.7 Å². The summed E-state index contributed by atoms with van der Waals surface area (Å²) in [7, 11) is -4.29. The molecule has 0 aromatic heterocycles. The lowest BCUT2D eigenvalue weighted by molar-refractivity contribution is 0.129. The zero-order valence-electron chi connectivity index (χ0n) is 20.8. The molecule has 0 bridgehead atoms. The van der Waals surface area contributed by atoms with Crippen LogP contribution in [0.5, 0.6) is 11.5 Å². The van der Waals surface area contributed by atoms with Crippen LogP contribution >= 0.6 is 7.60 Å². The van der Waals surface area contributed by atoms with E-state index in [4.69, 9.17) is 13.8 Å². The van der Waals surface area contributed by atoms with Crippen molar-refractivity contribution in [1.82, 2.24) is 5.32 Å². The predicted octanol–water partition coefficient (Wildman–Crippen LogP) is 7.40. The summed E-state index contributed by atoms with van der Waals surface area (Å²) in [6, 6.07) is 35.0. The number of para-hydroxylation sites is 2. The molecule has 0 saturated heterocycles. The quantitative estimate of drug-likeness (QED) is 0.216. The molecule has 0 fully saturated rings. The van der Waals surface area contributed by atoms with E-state index >= 15 is 0 Å². The molecule has 8 heteroatoms. The smallest absolute Gasteiger partial charge is 0.445 e. The number of hydrogen-bond donors (Lipinski definition) is 1. The number of benzene rings is 4. The van der Waals surface area contributed by atoms with Crippen molar-refractivity contribution in [3.63, 3.8) is 0 Å². The highest BCUT2D eigenvalue weighted by Gasteiger charge is 2.56. The van der Waals surface area contributed by atoms with Gasteiger partial charge in [-0.1, -0.05) is 85.8 Å². The predicted molar refractivity (Wildman–Crippen MR) is 145 cm³/mol. The van der Waals surface area contributed by atoms with Crippen molar-refractivity contribution in [1.29, 1.82) is 5.26 Å². The number of rotatable bonds is 10. The summed E-state index contributed by atoms with van der Waals surface area (Å²) < 4.78 is 32.8. The molecular weight excluding hydrogens is 499 g/mol. The van der Waals surface area contributed by atoms with E-state index in [0.29, 0.717) is 22.6 Å². The van der Waals surface area contributed by atoms with Crippen LogP contribution in [0, 0.1) is 11.3 Å². The van der Waals surface area contributed by atoms with E-state index in [1.54, 1.807) is 79.7 Å². The average Bonchev–Trinajstić information content (AvgIpc) is 2.96. The van der Waals surface area contributed by atoms with Crippen molar-refractivity contribution < 1.29 is 23.1 Å². The van der Waals surface area contributed by atoms with Crippen molar-refractivity contribution in [2.24, 2.45) is 0 Å². The molecule has 0 aliphatic rings. The summed E-state index contributed by atoms with van der Waals surface area (Å²) >= 11 is 0. The normalized spacial score (nSPS) is 12.4. The third kappa shape index (κ3) is 6.05. The number of carbonyl (C=O) groups is 1. The van der Waals surface area contributed by atoms with Crippen LogP contribution in [-0.4, -0.2) is 6.09 Å². The monoisotopic (exact) mass is 526 g/mol. The van der Waals surface area contributed by atoms with Crippen LogP contribution < -0.4 is 14.4 Å². The molecule has 38 heavy (non-hydrogen) atoms. The summed E-state index contributed by atoms with van der Waals surface area (Å²) in [5, 5.41) is 10.5. The second-order valence-electron chi connectivity index (χ2n) is 8.40. The summed E-state index contributed by atoms with van der Waals surface area (Å²) in [5.74, 6) is 0.607. The van der Waals surface area contributed by atoms with Gasteiger partial charge in [0.25, 0.3) is 0 Å². The summed E-state index contributed by atoms with van der Waals surface area (Å²) in [5.41, 5.74) is 1.64. The first-order valence-electron chi connectivity index (χ1n) is 12.1. The topological polar surface area (TPSA) is 97.7 Å². The lowest BCUT2D eigenvalue weighted by atomic mass is 10.0. The van der Waals surface area contributed by atoms with Gasteiger partial charge >= 0.3 is 13.7 Å². The van der Waals surface area contributed by atoms with Crippen LogP contribution in [0.3, 0.4) is 0 Å². The SMILES string of the molecule is CCC(NC(=O)OCc1ccccc1)(c1ccc(C#N)cc1)P(=O)(Oc1ccccc1)Oc1ccccc1. The summed E-state index contributed by atoms with van der Waals surface area (Å²) in [6.07, 6.45) is -0.676. The van der Waals surface area contributed by atoms with Crippen LogP contribution in [0.2, 0.25) is 0 Å². The van der Waals surface area contributed by atoms with E-state index in [-0.39, 0.29) is 13.0 Å². The second-order valence-corrected chi connectivity index (χ2v) is 10.5. The van der Waals surface area contributed by atoms with E-state index in [2.05, 4.69) is 11.4 Å². The maximum absolute atomic E-state index is 15.0. The first-order chi connectivity index (χ1) is 18.5. The minimum absolute atomic E-state index is 0.0171. The molecule has 1 amide bonds. The van der Waals surface area contributed by atoms with Gasteiger partial charge in [-0.3, -0.25) is 5.32 Å². The van der Waals surface area contributed by atoms with Crippen molar-refractivity contribution in [3.05, 3.63) is 132 Å². The number of nitrogens with zero attached hydrogens (tertiary/aromatic N) is 1. The zero-order chi connectivity index (χ0) is 26.8. The number of nitriles is 1. The van der Waals surface area contributed by atoms with Gasteiger partial charge in [0.15, 0.2) is 5.28 Å². The summed E-state index contributed by atoms with van der Waals surface area (Å²) in [6.45, 7) is 1.79. The van der Waals surface area contributed by atoms with Gasteiger partial charge in [0, 0.05) is 0 Å². The third-order valence-corrected chi connectivity index (χ3v) is 8.45. The van der Waals surface area contributed by atoms with E-state index in [1.165, 1.54) is 0 Å². The molecule has 0 aliphatic carbocycles. The molecule has 0 saturated carbocycles. The highest BCUT2D eigenvalue weighted by molar-refractivity contribution is 7.56. The Kier molecular flexibility index (Phi) is 8.47. The molecule has 192 valence electrons. The fraction of sp³-hybridized carbons (Fsp3) is 0.133. The van der Waals surface area contributed by atoms with Gasteiger partial charge in [0.2, 0.25) is 0 Å². The van der Waals surface area contributed by atoms with Crippen molar-refractivity contribution in [3.8, 4) is 17.6 Å². The molecule has 0 heterocycles. The Morgan fingerprint density at radius 3 is 1.79 bits per heavy atom. The number of hydrogen-bond acceptors (Lipinski definition) is 6. The first-order valence-corrected chi connectivity index (χ1v) is 13.6. The Morgan fingerprint density at radius 2 is 1.32 bits per heavy atom. The lowest BCUT2D eigenvalue weighted by Gasteiger charge is -2.38. The van der Waals surface area contributed by atoms with Crippen molar-refractivity contribution in [2.75, 3.05) is 0 Å². The minimum Gasteiger partial charge on any atom is -0.445 e. The van der Waals surface area contributed by atoms with Gasteiger partial charge < -0.3 is 13.8 Å². The first kappa shape index (κ1) is 26.5. The average molecular weight is 527 g/mol. The Labute approximate surface area is 222 Å². The molecular formula is C30H27N2O5P. The van der Waals surface area contributed by atoms with Gasteiger partial charge in [-0.2, -0.15) is 5.26 Å². The molecule has 0 aliphatic heterocycles. The van der Waals surface area contributed by atoms with E-state index in [9.17, 15) is 14.6 Å². The number of amides is 1. The van der Waals surface area contributed by atoms with Crippen LogP contribution in [0.15, 0.2) is 115 Å². The molecule has 7 nitrogen and oxygen atoms in total. The fourth-order valence-corrected chi connectivity index (χ4v) is 6.18. The van der Waals surface area contributed by atoms with Gasteiger partial charge in [-0.25, -0.2) is 9.36 Å².